The summed E-state index contributed by atoms with van der Waals surface area (Å²) in [5.41, 5.74) is 1.27. The van der Waals surface area contributed by atoms with E-state index in [-0.39, 0.29) is 6.04 Å². The van der Waals surface area contributed by atoms with Crippen molar-refractivity contribution in [1.82, 2.24) is 4.90 Å². The van der Waals surface area contributed by atoms with Gasteiger partial charge >= 0.3 is 0 Å². The number of hydrogen-bond donors (Lipinski definition) is 0. The fraction of sp³-hybridized carbons (Fsp3) is 0.600. The first kappa shape index (κ1) is 15.3. The molecule has 1 fully saturated rings. The molecule has 5 heteroatoms. The van der Waals surface area contributed by atoms with Crippen molar-refractivity contribution in [2.24, 2.45) is 0 Å². The van der Waals surface area contributed by atoms with Crippen LogP contribution in [0.3, 0.4) is 0 Å². The van der Waals surface area contributed by atoms with E-state index in [9.17, 15) is 8.42 Å². The number of methoxy groups -OCH3 is 1. The lowest BCUT2D eigenvalue weighted by atomic mass is 10.1. The van der Waals surface area contributed by atoms with Crippen molar-refractivity contribution in [3.05, 3.63) is 29.8 Å². The minimum Gasteiger partial charge on any atom is -0.497 e. The first-order valence-electron chi connectivity index (χ1n) is 7.07. The van der Waals surface area contributed by atoms with Crippen molar-refractivity contribution < 1.29 is 13.2 Å². The maximum Gasteiger partial charge on any atom is 0.153 e. The Labute approximate surface area is 121 Å². The summed E-state index contributed by atoms with van der Waals surface area (Å²) in [6.45, 7) is 3.62. The Bertz CT molecular complexity index is 542. The van der Waals surface area contributed by atoms with Crippen LogP contribution in [0.5, 0.6) is 5.75 Å². The Morgan fingerprint density at radius 1 is 1.40 bits per heavy atom. The van der Waals surface area contributed by atoms with Gasteiger partial charge in [0.15, 0.2) is 9.84 Å². The molecule has 1 saturated heterocycles. The Kier molecular flexibility index (Phi) is 5.05. The maximum atomic E-state index is 11.5. The zero-order valence-electron chi connectivity index (χ0n) is 12.2. The normalized spacial score (nSPS) is 22.6. The Morgan fingerprint density at radius 2 is 2.20 bits per heavy atom. The van der Waals surface area contributed by atoms with Crippen molar-refractivity contribution >= 4 is 9.84 Å². The molecule has 2 rings (SSSR count). The molecule has 1 aromatic carbocycles. The third-order valence-electron chi connectivity index (χ3n) is 3.85. The molecule has 1 unspecified atom stereocenters. The number of hydrogen-bond acceptors (Lipinski definition) is 4. The molecule has 1 aliphatic heterocycles. The largest absolute Gasteiger partial charge is 0.497 e. The van der Waals surface area contributed by atoms with E-state index in [1.54, 1.807) is 7.11 Å². The molecule has 0 bridgehead atoms. The fourth-order valence-corrected chi connectivity index (χ4v) is 4.30. The maximum absolute atomic E-state index is 11.5. The summed E-state index contributed by atoms with van der Waals surface area (Å²) >= 11 is 0. The van der Waals surface area contributed by atoms with E-state index >= 15 is 0 Å². The summed E-state index contributed by atoms with van der Waals surface area (Å²) in [6.07, 6.45) is 2.03. The van der Waals surface area contributed by atoms with Crippen LogP contribution in [0, 0.1) is 0 Å². The second-order valence-corrected chi connectivity index (χ2v) is 7.68. The summed E-state index contributed by atoms with van der Waals surface area (Å²) in [6, 6.07) is 8.25. The molecule has 0 aliphatic carbocycles. The molecule has 0 N–H and O–H groups in total. The molecule has 0 saturated carbocycles. The van der Waals surface area contributed by atoms with E-state index < -0.39 is 9.84 Å². The minimum absolute atomic E-state index is 0.138. The van der Waals surface area contributed by atoms with Gasteiger partial charge in [-0.15, -0.1) is 0 Å². The van der Waals surface area contributed by atoms with Crippen molar-refractivity contribution in [3.63, 3.8) is 0 Å². The molecular weight excluding hydrogens is 274 g/mol. The number of sulfone groups is 1. The van der Waals surface area contributed by atoms with Gasteiger partial charge in [0.2, 0.25) is 0 Å². The first-order valence-corrected chi connectivity index (χ1v) is 8.90. The van der Waals surface area contributed by atoms with E-state index in [2.05, 4.69) is 17.0 Å². The quantitative estimate of drug-likeness (QED) is 0.830. The van der Waals surface area contributed by atoms with Crippen LogP contribution in [-0.2, 0) is 16.3 Å². The predicted molar refractivity (Wildman–Crippen MR) is 81.0 cm³/mol. The number of aryl methyl sites for hydroxylation is 1. The van der Waals surface area contributed by atoms with Crippen LogP contribution in [-0.4, -0.2) is 51.1 Å². The lowest BCUT2D eigenvalue weighted by Crippen LogP contribution is -2.47. The molecule has 0 aromatic heterocycles. The van der Waals surface area contributed by atoms with Crippen molar-refractivity contribution in [3.8, 4) is 5.75 Å². The summed E-state index contributed by atoms with van der Waals surface area (Å²) in [4.78, 5) is 2.28. The predicted octanol–water partition coefficient (Wildman–Crippen LogP) is 1.75. The van der Waals surface area contributed by atoms with Crippen LogP contribution in [0.15, 0.2) is 24.3 Å². The van der Waals surface area contributed by atoms with E-state index in [4.69, 9.17) is 4.74 Å². The topological polar surface area (TPSA) is 46.6 Å². The highest BCUT2D eigenvalue weighted by Crippen LogP contribution is 2.16. The Morgan fingerprint density at radius 3 is 2.90 bits per heavy atom. The lowest BCUT2D eigenvalue weighted by molar-refractivity contribution is 0.224. The van der Waals surface area contributed by atoms with Crippen LogP contribution in [0.1, 0.15) is 18.9 Å². The molecule has 20 heavy (non-hydrogen) atoms. The average Bonchev–Trinajstić information content (AvgIpc) is 2.41. The van der Waals surface area contributed by atoms with Crippen LogP contribution < -0.4 is 4.74 Å². The standard InChI is InChI=1S/C15H23NO3S/c1-13-12-20(17,18)10-9-16(13)8-4-6-14-5-3-7-15(11-14)19-2/h3,5,7,11,13H,4,6,8-10,12H2,1-2H3. The molecule has 0 spiro atoms. The third kappa shape index (κ3) is 4.21. The van der Waals surface area contributed by atoms with Gasteiger partial charge in [-0.25, -0.2) is 8.42 Å². The van der Waals surface area contributed by atoms with Crippen LogP contribution in [0.2, 0.25) is 0 Å². The van der Waals surface area contributed by atoms with Crippen molar-refractivity contribution in [2.75, 3.05) is 31.7 Å². The molecule has 1 aliphatic rings. The van der Waals surface area contributed by atoms with Gasteiger partial charge in [0.25, 0.3) is 0 Å². The average molecular weight is 297 g/mol. The number of benzene rings is 1. The van der Waals surface area contributed by atoms with Gasteiger partial charge in [-0.3, -0.25) is 4.90 Å². The van der Waals surface area contributed by atoms with Crippen molar-refractivity contribution in [1.29, 1.82) is 0 Å². The molecule has 1 aromatic rings. The van der Waals surface area contributed by atoms with E-state index in [1.807, 2.05) is 19.1 Å². The number of ether oxygens (including phenoxy) is 1. The molecule has 0 radical (unpaired) electrons. The van der Waals surface area contributed by atoms with Gasteiger partial charge in [-0.2, -0.15) is 0 Å². The van der Waals surface area contributed by atoms with Gasteiger partial charge in [0.05, 0.1) is 18.6 Å². The molecule has 112 valence electrons. The lowest BCUT2D eigenvalue weighted by Gasteiger charge is -2.33. The highest BCUT2D eigenvalue weighted by atomic mass is 32.2. The second-order valence-electron chi connectivity index (χ2n) is 5.45. The molecule has 0 amide bonds. The van der Waals surface area contributed by atoms with E-state index in [1.165, 1.54) is 5.56 Å². The van der Waals surface area contributed by atoms with Crippen LogP contribution in [0.4, 0.5) is 0 Å². The van der Waals surface area contributed by atoms with Gasteiger partial charge in [-0.1, -0.05) is 12.1 Å². The van der Waals surface area contributed by atoms with Gasteiger partial charge in [0.1, 0.15) is 5.75 Å². The van der Waals surface area contributed by atoms with Crippen molar-refractivity contribution in [2.45, 2.75) is 25.8 Å². The zero-order chi connectivity index (χ0) is 14.6. The van der Waals surface area contributed by atoms with Crippen LogP contribution >= 0.6 is 0 Å². The number of rotatable bonds is 5. The molecule has 4 nitrogen and oxygen atoms in total. The summed E-state index contributed by atoms with van der Waals surface area (Å²) in [7, 11) is -1.13. The zero-order valence-corrected chi connectivity index (χ0v) is 13.0. The smallest absolute Gasteiger partial charge is 0.153 e. The monoisotopic (exact) mass is 297 g/mol. The van der Waals surface area contributed by atoms with Gasteiger partial charge in [-0.05, 0) is 44.0 Å². The van der Waals surface area contributed by atoms with Gasteiger partial charge < -0.3 is 4.74 Å². The molecule has 1 heterocycles. The highest BCUT2D eigenvalue weighted by Gasteiger charge is 2.27. The number of nitrogens with zero attached hydrogens (tertiary/aromatic N) is 1. The molecule has 1 atom stereocenters. The Hall–Kier alpha value is -1.07. The van der Waals surface area contributed by atoms with Crippen LogP contribution in [0.25, 0.3) is 0 Å². The van der Waals surface area contributed by atoms with E-state index in [0.29, 0.717) is 18.1 Å². The third-order valence-corrected chi connectivity index (χ3v) is 5.65. The molecular formula is C15H23NO3S. The first-order chi connectivity index (χ1) is 9.50. The summed E-state index contributed by atoms with van der Waals surface area (Å²) in [5, 5.41) is 0. The SMILES string of the molecule is COc1cccc(CCCN2CCS(=O)(=O)CC2C)c1. The Balaban J connectivity index is 1.81. The highest BCUT2D eigenvalue weighted by molar-refractivity contribution is 7.91. The second kappa shape index (κ2) is 6.59. The summed E-state index contributed by atoms with van der Waals surface area (Å²) in [5.74, 6) is 1.49. The minimum atomic E-state index is -2.81. The van der Waals surface area contributed by atoms with Gasteiger partial charge in [0, 0.05) is 12.6 Å². The van der Waals surface area contributed by atoms with E-state index in [0.717, 1.165) is 25.1 Å². The fourth-order valence-electron chi connectivity index (χ4n) is 2.68. The summed E-state index contributed by atoms with van der Waals surface area (Å²) < 4.78 is 28.3.